The Balaban J connectivity index is 1.45. The molecule has 3 heterocycles. The van der Waals surface area contributed by atoms with Crippen molar-refractivity contribution in [1.82, 2.24) is 20.2 Å². The summed E-state index contributed by atoms with van der Waals surface area (Å²) in [5.74, 6) is -1.45. The number of alkyl halides is 3. The fourth-order valence-corrected chi connectivity index (χ4v) is 3.31. The topological polar surface area (TPSA) is 76.6 Å². The molecule has 7 nitrogen and oxygen atoms in total. The van der Waals surface area contributed by atoms with Crippen LogP contribution in [-0.2, 0) is 17.3 Å². The fourth-order valence-electron chi connectivity index (χ4n) is 2.60. The van der Waals surface area contributed by atoms with Gasteiger partial charge in [0.25, 0.3) is 0 Å². The van der Waals surface area contributed by atoms with E-state index in [1.165, 1.54) is 10.9 Å². The third kappa shape index (κ3) is 5.80. The quantitative estimate of drug-likeness (QED) is 0.784. The maximum Gasteiger partial charge on any atom is 0.451 e. The Morgan fingerprint density at radius 1 is 1.43 bits per heavy atom. The molecule has 3 rings (SSSR count). The zero-order chi connectivity index (χ0) is 20.0. The molecule has 0 aromatic carbocycles. The molecule has 1 fully saturated rings. The molecule has 1 aliphatic rings. The summed E-state index contributed by atoms with van der Waals surface area (Å²) in [5, 5.41) is 4.85. The zero-order valence-corrected chi connectivity index (χ0v) is 15.6. The molecule has 2 aromatic heterocycles. The SMILES string of the molecule is O=C(NCCc1cccs1)N1CCOC(COc2ccnc(C(F)(F)F)n2)C1. The molecule has 2 aromatic rings. The van der Waals surface area contributed by atoms with E-state index in [0.717, 1.165) is 12.6 Å². The van der Waals surface area contributed by atoms with Crippen molar-refractivity contribution in [2.24, 2.45) is 0 Å². The van der Waals surface area contributed by atoms with Gasteiger partial charge in [-0.3, -0.25) is 0 Å². The standard InChI is InChI=1S/C17H19F3N4O3S/c18-17(19,20)15-21-6-4-14(23-15)27-11-12-10-24(7-8-26-12)16(25)22-5-3-13-2-1-9-28-13/h1-2,4,6,9,12H,3,5,7-8,10-11H2,(H,22,25). The molecule has 0 bridgehead atoms. The van der Waals surface area contributed by atoms with Gasteiger partial charge in [0.15, 0.2) is 0 Å². The van der Waals surface area contributed by atoms with Gasteiger partial charge in [0.1, 0.15) is 12.7 Å². The number of hydrogen-bond donors (Lipinski definition) is 1. The summed E-state index contributed by atoms with van der Waals surface area (Å²) in [5.41, 5.74) is 0. The van der Waals surface area contributed by atoms with E-state index < -0.39 is 18.1 Å². The molecule has 1 saturated heterocycles. The molecular weight excluding hydrogens is 397 g/mol. The normalized spacial score (nSPS) is 17.4. The molecule has 0 aliphatic carbocycles. The largest absolute Gasteiger partial charge is 0.475 e. The maximum atomic E-state index is 12.6. The maximum absolute atomic E-state index is 12.6. The Morgan fingerprint density at radius 2 is 2.29 bits per heavy atom. The van der Waals surface area contributed by atoms with Gasteiger partial charge >= 0.3 is 12.2 Å². The number of nitrogens with zero attached hydrogens (tertiary/aromatic N) is 3. The lowest BCUT2D eigenvalue weighted by molar-refractivity contribution is -0.145. The van der Waals surface area contributed by atoms with Crippen molar-refractivity contribution < 1.29 is 27.4 Å². The van der Waals surface area contributed by atoms with Crippen molar-refractivity contribution in [3.63, 3.8) is 0 Å². The number of ether oxygens (including phenoxy) is 2. The molecule has 0 spiro atoms. The molecule has 0 radical (unpaired) electrons. The smallest absolute Gasteiger partial charge is 0.451 e. The van der Waals surface area contributed by atoms with Crippen LogP contribution in [0.3, 0.4) is 0 Å². The first-order valence-electron chi connectivity index (χ1n) is 8.61. The van der Waals surface area contributed by atoms with E-state index in [2.05, 4.69) is 15.3 Å². The van der Waals surface area contributed by atoms with Gasteiger partial charge in [0.05, 0.1) is 13.2 Å². The van der Waals surface area contributed by atoms with Crippen LogP contribution in [0.4, 0.5) is 18.0 Å². The Labute approximate surface area is 163 Å². The number of amides is 2. The van der Waals surface area contributed by atoms with Crippen LogP contribution in [0, 0.1) is 0 Å². The molecule has 28 heavy (non-hydrogen) atoms. The van der Waals surface area contributed by atoms with Gasteiger partial charge in [0, 0.05) is 30.2 Å². The number of rotatable bonds is 6. The number of carbonyl (C=O) groups is 1. The number of thiophene rings is 1. The summed E-state index contributed by atoms with van der Waals surface area (Å²) >= 11 is 1.64. The van der Waals surface area contributed by atoms with Crippen molar-refractivity contribution in [3.05, 3.63) is 40.5 Å². The number of aromatic nitrogens is 2. The molecule has 2 amide bonds. The van der Waals surface area contributed by atoms with Crippen molar-refractivity contribution in [3.8, 4) is 5.88 Å². The average molecular weight is 416 g/mol. The fraction of sp³-hybridized carbons (Fsp3) is 0.471. The van der Waals surface area contributed by atoms with E-state index in [1.807, 2.05) is 17.5 Å². The summed E-state index contributed by atoms with van der Waals surface area (Å²) in [6.45, 7) is 1.55. The monoisotopic (exact) mass is 416 g/mol. The first-order chi connectivity index (χ1) is 13.4. The lowest BCUT2D eigenvalue weighted by atomic mass is 10.3. The summed E-state index contributed by atoms with van der Waals surface area (Å²) in [7, 11) is 0. The van der Waals surface area contributed by atoms with Crippen LogP contribution in [0.15, 0.2) is 29.8 Å². The number of morpholine rings is 1. The van der Waals surface area contributed by atoms with Crippen molar-refractivity contribution in [2.75, 3.05) is 32.8 Å². The highest BCUT2D eigenvalue weighted by molar-refractivity contribution is 7.09. The van der Waals surface area contributed by atoms with Crippen LogP contribution in [-0.4, -0.2) is 59.9 Å². The summed E-state index contributed by atoms with van der Waals surface area (Å²) < 4.78 is 48.8. The first-order valence-corrected chi connectivity index (χ1v) is 9.49. The van der Waals surface area contributed by atoms with Crippen molar-refractivity contribution in [1.29, 1.82) is 0 Å². The lowest BCUT2D eigenvalue weighted by Gasteiger charge is -2.32. The van der Waals surface area contributed by atoms with Crippen LogP contribution in [0.25, 0.3) is 0 Å². The van der Waals surface area contributed by atoms with Crippen LogP contribution >= 0.6 is 11.3 Å². The summed E-state index contributed by atoms with van der Waals surface area (Å²) in [6, 6.07) is 5.01. The van der Waals surface area contributed by atoms with Crippen molar-refractivity contribution in [2.45, 2.75) is 18.7 Å². The van der Waals surface area contributed by atoms with Gasteiger partial charge in [-0.1, -0.05) is 6.07 Å². The second-order valence-electron chi connectivity index (χ2n) is 6.03. The minimum atomic E-state index is -4.64. The molecule has 11 heteroatoms. The Kier molecular flexibility index (Phi) is 6.68. The summed E-state index contributed by atoms with van der Waals surface area (Å²) in [6.07, 6.45) is -3.35. The van der Waals surface area contributed by atoms with E-state index in [-0.39, 0.29) is 25.1 Å². The van der Waals surface area contributed by atoms with Gasteiger partial charge in [-0.15, -0.1) is 11.3 Å². The Morgan fingerprint density at radius 3 is 3.04 bits per heavy atom. The minimum Gasteiger partial charge on any atom is -0.475 e. The highest BCUT2D eigenvalue weighted by Gasteiger charge is 2.35. The first kappa shape index (κ1) is 20.3. The van der Waals surface area contributed by atoms with Gasteiger partial charge in [-0.2, -0.15) is 18.2 Å². The molecule has 1 atom stereocenters. The lowest BCUT2D eigenvalue weighted by Crippen LogP contribution is -2.51. The Hall–Kier alpha value is -2.40. The van der Waals surface area contributed by atoms with Crippen LogP contribution < -0.4 is 10.1 Å². The van der Waals surface area contributed by atoms with Gasteiger partial charge in [-0.05, 0) is 17.9 Å². The molecule has 152 valence electrons. The molecule has 1 unspecified atom stereocenters. The van der Waals surface area contributed by atoms with E-state index in [4.69, 9.17) is 9.47 Å². The number of halogens is 3. The molecule has 1 aliphatic heterocycles. The number of nitrogens with one attached hydrogen (secondary N) is 1. The molecular formula is C17H19F3N4O3S. The van der Waals surface area contributed by atoms with E-state index in [9.17, 15) is 18.0 Å². The van der Waals surface area contributed by atoms with Crippen LogP contribution in [0.1, 0.15) is 10.7 Å². The van der Waals surface area contributed by atoms with E-state index >= 15 is 0 Å². The van der Waals surface area contributed by atoms with Crippen LogP contribution in [0.2, 0.25) is 0 Å². The molecule has 1 N–H and O–H groups in total. The van der Waals surface area contributed by atoms with Gasteiger partial charge < -0.3 is 19.7 Å². The Bertz CT molecular complexity index is 773. The second-order valence-corrected chi connectivity index (χ2v) is 7.06. The third-order valence-corrected chi connectivity index (χ3v) is 4.89. The summed E-state index contributed by atoms with van der Waals surface area (Å²) in [4.78, 5) is 21.6. The van der Waals surface area contributed by atoms with Crippen molar-refractivity contribution >= 4 is 17.4 Å². The highest BCUT2D eigenvalue weighted by atomic mass is 32.1. The predicted octanol–water partition coefficient (Wildman–Crippen LogP) is 2.59. The second kappa shape index (κ2) is 9.20. The predicted molar refractivity (Wildman–Crippen MR) is 95.3 cm³/mol. The van der Waals surface area contributed by atoms with Gasteiger partial charge in [0.2, 0.25) is 11.7 Å². The average Bonchev–Trinajstić information content (AvgIpc) is 3.19. The minimum absolute atomic E-state index is 0.0205. The van der Waals surface area contributed by atoms with Crippen LogP contribution in [0.5, 0.6) is 5.88 Å². The highest BCUT2D eigenvalue weighted by Crippen LogP contribution is 2.26. The number of urea groups is 1. The third-order valence-electron chi connectivity index (χ3n) is 3.95. The number of carbonyl (C=O) groups excluding carboxylic acids is 1. The zero-order valence-electron chi connectivity index (χ0n) is 14.8. The van der Waals surface area contributed by atoms with E-state index in [1.54, 1.807) is 16.2 Å². The molecule has 0 saturated carbocycles. The number of hydrogen-bond acceptors (Lipinski definition) is 6. The van der Waals surface area contributed by atoms with E-state index in [0.29, 0.717) is 19.7 Å². The van der Waals surface area contributed by atoms with Gasteiger partial charge in [-0.25, -0.2) is 9.78 Å².